The van der Waals surface area contributed by atoms with Gasteiger partial charge in [0.2, 0.25) is 5.91 Å². The van der Waals surface area contributed by atoms with Gasteiger partial charge in [-0.3, -0.25) is 9.59 Å². The fourth-order valence-corrected chi connectivity index (χ4v) is 3.11. The molecule has 1 fully saturated rings. The SMILES string of the molecule is CC(CNC(=O)C1CCC(C(=O)O)C1)c1nccs1. The third-order valence-electron chi connectivity index (χ3n) is 3.61. The van der Waals surface area contributed by atoms with Crippen LogP contribution in [0, 0.1) is 11.8 Å². The standard InChI is InChI=1S/C13H18N2O3S/c1-8(12-14-4-5-19-12)7-15-11(16)9-2-3-10(6-9)13(17)18/h4-5,8-10H,2-3,6-7H2,1H3,(H,15,16)(H,17,18). The second-order valence-corrected chi connectivity index (χ2v) is 5.99. The van der Waals surface area contributed by atoms with Crippen molar-refractivity contribution in [3.8, 4) is 0 Å². The van der Waals surface area contributed by atoms with Gasteiger partial charge in [-0.25, -0.2) is 4.98 Å². The molecule has 1 aliphatic carbocycles. The summed E-state index contributed by atoms with van der Waals surface area (Å²) in [5.41, 5.74) is 0. The first kappa shape index (κ1) is 14.0. The molecule has 1 amide bonds. The lowest BCUT2D eigenvalue weighted by Gasteiger charge is -2.13. The quantitative estimate of drug-likeness (QED) is 0.864. The van der Waals surface area contributed by atoms with Gasteiger partial charge in [0.25, 0.3) is 0 Å². The first-order valence-electron chi connectivity index (χ1n) is 6.47. The Morgan fingerprint density at radius 3 is 2.84 bits per heavy atom. The smallest absolute Gasteiger partial charge is 0.306 e. The number of carbonyl (C=O) groups excluding carboxylic acids is 1. The van der Waals surface area contributed by atoms with E-state index in [1.165, 1.54) is 0 Å². The van der Waals surface area contributed by atoms with Crippen LogP contribution in [0.1, 0.15) is 37.1 Å². The summed E-state index contributed by atoms with van der Waals surface area (Å²) in [6.07, 6.45) is 3.50. The molecule has 104 valence electrons. The highest BCUT2D eigenvalue weighted by Crippen LogP contribution is 2.31. The van der Waals surface area contributed by atoms with Gasteiger partial charge in [-0.2, -0.15) is 0 Å². The molecular formula is C13H18N2O3S. The minimum atomic E-state index is -0.786. The van der Waals surface area contributed by atoms with E-state index in [0.717, 1.165) is 5.01 Å². The molecule has 3 unspecified atom stereocenters. The Labute approximate surface area is 116 Å². The van der Waals surface area contributed by atoms with E-state index >= 15 is 0 Å². The van der Waals surface area contributed by atoms with E-state index in [0.29, 0.717) is 25.8 Å². The number of nitrogens with one attached hydrogen (secondary N) is 1. The summed E-state index contributed by atoms with van der Waals surface area (Å²) >= 11 is 1.58. The zero-order valence-electron chi connectivity index (χ0n) is 10.8. The lowest BCUT2D eigenvalue weighted by Crippen LogP contribution is -2.32. The van der Waals surface area contributed by atoms with Crippen molar-refractivity contribution < 1.29 is 14.7 Å². The summed E-state index contributed by atoms with van der Waals surface area (Å²) in [7, 11) is 0. The zero-order valence-corrected chi connectivity index (χ0v) is 11.7. The summed E-state index contributed by atoms with van der Waals surface area (Å²) in [5.74, 6) is -1.11. The van der Waals surface area contributed by atoms with Crippen molar-refractivity contribution in [2.75, 3.05) is 6.54 Å². The number of rotatable bonds is 5. The van der Waals surface area contributed by atoms with Crippen LogP contribution in [0.5, 0.6) is 0 Å². The van der Waals surface area contributed by atoms with Crippen LogP contribution in [0.4, 0.5) is 0 Å². The molecule has 0 aliphatic heterocycles. The van der Waals surface area contributed by atoms with Crippen LogP contribution in [-0.2, 0) is 9.59 Å². The molecule has 1 aromatic rings. The Hall–Kier alpha value is -1.43. The Kier molecular flexibility index (Phi) is 4.52. The van der Waals surface area contributed by atoms with Crippen LogP contribution < -0.4 is 5.32 Å². The fraction of sp³-hybridized carbons (Fsp3) is 0.615. The number of aromatic nitrogens is 1. The number of carboxylic acids is 1. The summed E-state index contributed by atoms with van der Waals surface area (Å²) in [6, 6.07) is 0. The van der Waals surface area contributed by atoms with Gasteiger partial charge in [-0.15, -0.1) is 11.3 Å². The van der Waals surface area contributed by atoms with Crippen molar-refractivity contribution in [1.29, 1.82) is 0 Å². The lowest BCUT2D eigenvalue weighted by molar-refractivity contribution is -0.141. The summed E-state index contributed by atoms with van der Waals surface area (Å²) in [4.78, 5) is 27.0. The van der Waals surface area contributed by atoms with Crippen molar-refractivity contribution in [3.05, 3.63) is 16.6 Å². The molecule has 0 spiro atoms. The molecule has 0 bridgehead atoms. The van der Waals surface area contributed by atoms with Gasteiger partial charge >= 0.3 is 5.97 Å². The van der Waals surface area contributed by atoms with Crippen LogP contribution >= 0.6 is 11.3 Å². The molecule has 0 aromatic carbocycles. The molecule has 1 aliphatic rings. The molecule has 0 radical (unpaired) electrons. The van der Waals surface area contributed by atoms with Gasteiger partial charge in [0.15, 0.2) is 0 Å². The third-order valence-corrected chi connectivity index (χ3v) is 4.62. The number of amides is 1. The number of thiazole rings is 1. The second kappa shape index (κ2) is 6.14. The van der Waals surface area contributed by atoms with Crippen LogP contribution in [0.25, 0.3) is 0 Å². The van der Waals surface area contributed by atoms with Gasteiger partial charge in [0.1, 0.15) is 0 Å². The van der Waals surface area contributed by atoms with Gasteiger partial charge in [0, 0.05) is 30.0 Å². The van der Waals surface area contributed by atoms with Crippen molar-refractivity contribution in [3.63, 3.8) is 0 Å². The first-order valence-corrected chi connectivity index (χ1v) is 7.35. The lowest BCUT2D eigenvalue weighted by atomic mass is 10.0. The topological polar surface area (TPSA) is 79.3 Å². The minimum absolute atomic E-state index is 0.0212. The Balaban J connectivity index is 1.78. The van der Waals surface area contributed by atoms with E-state index in [2.05, 4.69) is 10.3 Å². The predicted octanol–water partition coefficient (Wildman–Crippen LogP) is 1.86. The predicted molar refractivity (Wildman–Crippen MR) is 72.0 cm³/mol. The summed E-state index contributed by atoms with van der Waals surface area (Å²) in [6.45, 7) is 2.58. The molecule has 6 heteroatoms. The Morgan fingerprint density at radius 2 is 2.26 bits per heavy atom. The fourth-order valence-electron chi connectivity index (χ4n) is 2.41. The van der Waals surface area contributed by atoms with Crippen molar-refractivity contribution in [1.82, 2.24) is 10.3 Å². The zero-order chi connectivity index (χ0) is 13.8. The molecule has 19 heavy (non-hydrogen) atoms. The largest absolute Gasteiger partial charge is 0.481 e. The first-order chi connectivity index (χ1) is 9.08. The van der Waals surface area contributed by atoms with Gasteiger partial charge in [0.05, 0.1) is 10.9 Å². The average Bonchev–Trinajstić information content (AvgIpc) is 3.05. The number of aliphatic carboxylic acids is 1. The molecule has 2 rings (SSSR count). The molecule has 1 saturated carbocycles. The number of nitrogens with zero attached hydrogens (tertiary/aromatic N) is 1. The Bertz CT molecular complexity index is 447. The van der Waals surface area contributed by atoms with E-state index in [1.807, 2.05) is 12.3 Å². The number of carboxylic acid groups (broad SMARTS) is 1. The maximum atomic E-state index is 12.0. The number of hydrogen-bond donors (Lipinski definition) is 2. The van der Waals surface area contributed by atoms with E-state index < -0.39 is 5.97 Å². The molecule has 5 nitrogen and oxygen atoms in total. The van der Waals surface area contributed by atoms with Gasteiger partial charge in [-0.1, -0.05) is 6.92 Å². The Morgan fingerprint density at radius 1 is 1.53 bits per heavy atom. The van der Waals surface area contributed by atoms with Crippen molar-refractivity contribution >= 4 is 23.2 Å². The maximum Gasteiger partial charge on any atom is 0.306 e. The molecule has 2 N–H and O–H groups in total. The van der Waals surface area contributed by atoms with E-state index in [-0.39, 0.29) is 23.7 Å². The minimum Gasteiger partial charge on any atom is -0.481 e. The van der Waals surface area contributed by atoms with Crippen LogP contribution in [-0.4, -0.2) is 28.5 Å². The molecule has 0 saturated heterocycles. The number of hydrogen-bond acceptors (Lipinski definition) is 4. The second-order valence-electron chi connectivity index (χ2n) is 5.06. The average molecular weight is 282 g/mol. The highest BCUT2D eigenvalue weighted by molar-refractivity contribution is 7.09. The molecular weight excluding hydrogens is 264 g/mol. The highest BCUT2D eigenvalue weighted by atomic mass is 32.1. The third kappa shape index (κ3) is 3.53. The molecule has 3 atom stereocenters. The molecule has 1 aromatic heterocycles. The van der Waals surface area contributed by atoms with E-state index in [4.69, 9.17) is 5.11 Å². The van der Waals surface area contributed by atoms with Crippen LogP contribution in [0.3, 0.4) is 0 Å². The van der Waals surface area contributed by atoms with Crippen LogP contribution in [0.15, 0.2) is 11.6 Å². The highest BCUT2D eigenvalue weighted by Gasteiger charge is 2.33. The summed E-state index contributed by atoms with van der Waals surface area (Å²) in [5, 5.41) is 14.8. The summed E-state index contributed by atoms with van der Waals surface area (Å²) < 4.78 is 0. The van der Waals surface area contributed by atoms with Gasteiger partial charge in [-0.05, 0) is 19.3 Å². The van der Waals surface area contributed by atoms with Crippen molar-refractivity contribution in [2.45, 2.75) is 32.1 Å². The maximum absolute atomic E-state index is 12.0. The van der Waals surface area contributed by atoms with Gasteiger partial charge < -0.3 is 10.4 Å². The molecule has 1 heterocycles. The van der Waals surface area contributed by atoms with Crippen LogP contribution in [0.2, 0.25) is 0 Å². The normalized spacial score (nSPS) is 24.1. The monoisotopic (exact) mass is 282 g/mol. The van der Waals surface area contributed by atoms with E-state index in [9.17, 15) is 9.59 Å². The number of carbonyl (C=O) groups is 2. The van der Waals surface area contributed by atoms with E-state index in [1.54, 1.807) is 17.5 Å². The van der Waals surface area contributed by atoms with Crippen molar-refractivity contribution in [2.24, 2.45) is 11.8 Å².